The number of nitrogens with one attached hydrogen (secondary N) is 1. The van der Waals surface area contributed by atoms with Gasteiger partial charge in [0, 0.05) is 11.6 Å². The van der Waals surface area contributed by atoms with Gasteiger partial charge in [0.05, 0.1) is 6.54 Å². The highest BCUT2D eigenvalue weighted by Gasteiger charge is 2.13. The Hall–Kier alpha value is -1.33. The number of carboxylic acids is 1. The third-order valence-corrected chi connectivity index (χ3v) is 3.21. The standard InChI is InChI=1S/C14H24N2O3/c1-10(2)16(4)7-5-6-15-9-12-8-11(3)13(19-12)14(17)18/h8,10,15H,5-7,9H2,1-4H3,(H,17,18). The highest BCUT2D eigenvalue weighted by molar-refractivity contribution is 5.86. The van der Waals surface area contributed by atoms with E-state index in [0.29, 0.717) is 23.9 Å². The van der Waals surface area contributed by atoms with Crippen molar-refractivity contribution in [2.75, 3.05) is 20.1 Å². The van der Waals surface area contributed by atoms with Crippen molar-refractivity contribution in [2.24, 2.45) is 0 Å². The van der Waals surface area contributed by atoms with Crippen LogP contribution < -0.4 is 5.32 Å². The lowest BCUT2D eigenvalue weighted by Gasteiger charge is -2.20. The van der Waals surface area contributed by atoms with Crippen LogP contribution in [0.2, 0.25) is 0 Å². The van der Waals surface area contributed by atoms with Gasteiger partial charge < -0.3 is 19.7 Å². The molecular formula is C14H24N2O3. The Balaban J connectivity index is 2.26. The molecule has 5 nitrogen and oxygen atoms in total. The molecule has 1 aromatic heterocycles. The van der Waals surface area contributed by atoms with Gasteiger partial charge in [-0.25, -0.2) is 4.79 Å². The molecule has 19 heavy (non-hydrogen) atoms. The molecule has 0 aromatic carbocycles. The summed E-state index contributed by atoms with van der Waals surface area (Å²) in [4.78, 5) is 13.1. The third-order valence-electron chi connectivity index (χ3n) is 3.21. The van der Waals surface area contributed by atoms with Crippen LogP contribution in [0, 0.1) is 6.92 Å². The summed E-state index contributed by atoms with van der Waals surface area (Å²) in [5.41, 5.74) is 0.670. The average molecular weight is 268 g/mol. The minimum atomic E-state index is -1.01. The summed E-state index contributed by atoms with van der Waals surface area (Å²) < 4.78 is 5.27. The number of nitrogens with zero attached hydrogens (tertiary/aromatic N) is 1. The van der Waals surface area contributed by atoms with E-state index in [2.05, 4.69) is 31.1 Å². The van der Waals surface area contributed by atoms with Crippen LogP contribution in [0.3, 0.4) is 0 Å². The van der Waals surface area contributed by atoms with Gasteiger partial charge in [-0.15, -0.1) is 0 Å². The lowest BCUT2D eigenvalue weighted by molar-refractivity contribution is 0.0659. The minimum Gasteiger partial charge on any atom is -0.475 e. The Labute approximate surface area is 114 Å². The zero-order valence-corrected chi connectivity index (χ0v) is 12.2. The first-order chi connectivity index (χ1) is 8.91. The molecule has 1 aromatic rings. The molecule has 0 saturated heterocycles. The topological polar surface area (TPSA) is 65.7 Å². The van der Waals surface area contributed by atoms with Gasteiger partial charge in [0.15, 0.2) is 0 Å². The van der Waals surface area contributed by atoms with Gasteiger partial charge in [0.2, 0.25) is 5.76 Å². The molecule has 1 heterocycles. The van der Waals surface area contributed by atoms with Crippen LogP contribution in [0.15, 0.2) is 10.5 Å². The van der Waals surface area contributed by atoms with Crippen molar-refractivity contribution in [2.45, 2.75) is 39.8 Å². The van der Waals surface area contributed by atoms with Crippen LogP contribution in [0.4, 0.5) is 0 Å². The van der Waals surface area contributed by atoms with Crippen LogP contribution in [-0.2, 0) is 6.54 Å². The fraction of sp³-hybridized carbons (Fsp3) is 0.643. The summed E-state index contributed by atoms with van der Waals surface area (Å²) in [5.74, 6) is -0.300. The van der Waals surface area contributed by atoms with Crippen molar-refractivity contribution < 1.29 is 14.3 Å². The number of carboxylic acid groups (broad SMARTS) is 1. The molecule has 0 atom stereocenters. The van der Waals surface area contributed by atoms with Crippen LogP contribution in [0.1, 0.15) is 42.1 Å². The van der Waals surface area contributed by atoms with E-state index in [1.54, 1.807) is 13.0 Å². The van der Waals surface area contributed by atoms with Crippen molar-refractivity contribution >= 4 is 5.97 Å². The normalized spacial score (nSPS) is 11.5. The summed E-state index contributed by atoms with van der Waals surface area (Å²) in [5, 5.41) is 12.1. The zero-order valence-electron chi connectivity index (χ0n) is 12.2. The van der Waals surface area contributed by atoms with E-state index in [-0.39, 0.29) is 5.76 Å². The zero-order chi connectivity index (χ0) is 14.4. The fourth-order valence-corrected chi connectivity index (χ4v) is 1.77. The molecule has 0 spiro atoms. The van der Waals surface area contributed by atoms with Gasteiger partial charge in [0.25, 0.3) is 0 Å². The molecule has 0 bridgehead atoms. The maximum Gasteiger partial charge on any atom is 0.372 e. The smallest absolute Gasteiger partial charge is 0.372 e. The van der Waals surface area contributed by atoms with E-state index in [9.17, 15) is 4.79 Å². The number of furan rings is 1. The number of hydrogen-bond acceptors (Lipinski definition) is 4. The number of carbonyl (C=O) groups is 1. The van der Waals surface area contributed by atoms with Gasteiger partial charge >= 0.3 is 5.97 Å². The Kier molecular flexibility index (Phi) is 6.05. The largest absolute Gasteiger partial charge is 0.475 e. The van der Waals surface area contributed by atoms with Crippen LogP contribution >= 0.6 is 0 Å². The quantitative estimate of drug-likeness (QED) is 0.707. The SMILES string of the molecule is Cc1cc(CNCCCN(C)C(C)C)oc1C(=O)O. The van der Waals surface area contributed by atoms with Gasteiger partial charge in [-0.3, -0.25) is 0 Å². The predicted molar refractivity (Wildman–Crippen MR) is 74.5 cm³/mol. The van der Waals surface area contributed by atoms with Crippen molar-refractivity contribution in [1.82, 2.24) is 10.2 Å². The summed E-state index contributed by atoms with van der Waals surface area (Å²) in [6.07, 6.45) is 1.06. The molecule has 0 radical (unpaired) electrons. The molecular weight excluding hydrogens is 244 g/mol. The summed E-state index contributed by atoms with van der Waals surface area (Å²) in [7, 11) is 2.11. The van der Waals surface area contributed by atoms with E-state index in [0.717, 1.165) is 19.5 Å². The van der Waals surface area contributed by atoms with E-state index in [4.69, 9.17) is 9.52 Å². The maximum atomic E-state index is 10.8. The molecule has 0 aliphatic rings. The number of hydrogen-bond donors (Lipinski definition) is 2. The average Bonchev–Trinajstić information content (AvgIpc) is 2.69. The number of rotatable bonds is 8. The Bertz CT molecular complexity index is 413. The Morgan fingerprint density at radius 3 is 2.74 bits per heavy atom. The van der Waals surface area contributed by atoms with Crippen molar-refractivity contribution in [3.8, 4) is 0 Å². The van der Waals surface area contributed by atoms with Gasteiger partial charge in [0.1, 0.15) is 5.76 Å². The molecule has 5 heteroatoms. The van der Waals surface area contributed by atoms with Gasteiger partial charge in [-0.2, -0.15) is 0 Å². The second-order valence-corrected chi connectivity index (χ2v) is 5.13. The molecule has 0 fully saturated rings. The van der Waals surface area contributed by atoms with Crippen LogP contribution in [0.25, 0.3) is 0 Å². The summed E-state index contributed by atoms with van der Waals surface area (Å²) >= 11 is 0. The molecule has 108 valence electrons. The second-order valence-electron chi connectivity index (χ2n) is 5.13. The van der Waals surface area contributed by atoms with E-state index < -0.39 is 5.97 Å². The lowest BCUT2D eigenvalue weighted by Crippen LogP contribution is -2.29. The molecule has 2 N–H and O–H groups in total. The monoisotopic (exact) mass is 268 g/mol. The maximum absolute atomic E-state index is 10.8. The predicted octanol–water partition coefficient (Wildman–Crippen LogP) is 2.11. The Morgan fingerprint density at radius 1 is 1.53 bits per heavy atom. The number of aryl methyl sites for hydroxylation is 1. The van der Waals surface area contributed by atoms with Crippen molar-refractivity contribution in [3.05, 3.63) is 23.2 Å². The minimum absolute atomic E-state index is 0.0383. The fourth-order valence-electron chi connectivity index (χ4n) is 1.77. The van der Waals surface area contributed by atoms with Crippen LogP contribution in [0.5, 0.6) is 0 Å². The van der Waals surface area contributed by atoms with Crippen LogP contribution in [-0.4, -0.2) is 42.2 Å². The lowest BCUT2D eigenvalue weighted by atomic mass is 10.2. The highest BCUT2D eigenvalue weighted by Crippen LogP contribution is 2.14. The Morgan fingerprint density at radius 2 is 2.21 bits per heavy atom. The number of aromatic carboxylic acids is 1. The third kappa shape index (κ3) is 5.04. The van der Waals surface area contributed by atoms with Crippen molar-refractivity contribution in [1.29, 1.82) is 0 Å². The van der Waals surface area contributed by atoms with E-state index in [1.807, 2.05) is 0 Å². The molecule has 1 rings (SSSR count). The summed E-state index contributed by atoms with van der Waals surface area (Å²) in [6.45, 7) is 8.59. The van der Waals surface area contributed by atoms with Gasteiger partial charge in [-0.05, 0) is 53.4 Å². The molecule has 0 aliphatic carbocycles. The van der Waals surface area contributed by atoms with Gasteiger partial charge in [-0.1, -0.05) is 0 Å². The highest BCUT2D eigenvalue weighted by atomic mass is 16.4. The molecule has 0 saturated carbocycles. The first-order valence-electron chi connectivity index (χ1n) is 6.65. The van der Waals surface area contributed by atoms with E-state index in [1.165, 1.54) is 0 Å². The van der Waals surface area contributed by atoms with Crippen molar-refractivity contribution in [3.63, 3.8) is 0 Å². The first-order valence-corrected chi connectivity index (χ1v) is 6.65. The molecule has 0 aliphatic heterocycles. The van der Waals surface area contributed by atoms with E-state index >= 15 is 0 Å². The first kappa shape index (κ1) is 15.7. The molecule has 0 unspecified atom stereocenters. The molecule has 0 amide bonds. The summed E-state index contributed by atoms with van der Waals surface area (Å²) in [6, 6.07) is 2.34. The second kappa shape index (κ2) is 7.31.